The average molecular weight is 241 g/mol. The standard InChI is InChI=1S/C13H23NO3/c15-13(16)12-6-3-4-10(12)8-14-9-11-5-1-2-7-17-11/h10-12,14H,1-9H2,(H,15,16). The predicted octanol–water partition coefficient (Wildman–Crippen LogP) is 1.65. The number of carbonyl (C=O) groups is 1. The van der Waals surface area contributed by atoms with Crippen LogP contribution in [0.4, 0.5) is 0 Å². The Morgan fingerprint density at radius 2 is 2.06 bits per heavy atom. The first-order valence-corrected chi connectivity index (χ1v) is 6.82. The molecular formula is C13H23NO3. The highest BCUT2D eigenvalue weighted by Crippen LogP contribution is 2.31. The largest absolute Gasteiger partial charge is 0.481 e. The van der Waals surface area contributed by atoms with Crippen molar-refractivity contribution in [2.24, 2.45) is 11.8 Å². The van der Waals surface area contributed by atoms with E-state index in [-0.39, 0.29) is 5.92 Å². The van der Waals surface area contributed by atoms with Crippen molar-refractivity contribution in [3.8, 4) is 0 Å². The first-order valence-electron chi connectivity index (χ1n) is 6.82. The minimum Gasteiger partial charge on any atom is -0.481 e. The summed E-state index contributed by atoms with van der Waals surface area (Å²) in [7, 11) is 0. The number of aliphatic carboxylic acids is 1. The molecule has 4 nitrogen and oxygen atoms in total. The summed E-state index contributed by atoms with van der Waals surface area (Å²) in [5, 5.41) is 12.5. The van der Waals surface area contributed by atoms with Crippen molar-refractivity contribution < 1.29 is 14.6 Å². The Balaban J connectivity index is 1.65. The fourth-order valence-corrected chi connectivity index (χ4v) is 3.00. The van der Waals surface area contributed by atoms with E-state index in [1.54, 1.807) is 0 Å². The van der Waals surface area contributed by atoms with Crippen molar-refractivity contribution in [2.75, 3.05) is 19.7 Å². The number of carboxylic acid groups (broad SMARTS) is 1. The lowest BCUT2D eigenvalue weighted by molar-refractivity contribution is -0.142. The lowest BCUT2D eigenvalue weighted by atomic mass is 9.96. The third-order valence-corrected chi connectivity index (χ3v) is 4.03. The van der Waals surface area contributed by atoms with Gasteiger partial charge in [-0.2, -0.15) is 0 Å². The summed E-state index contributed by atoms with van der Waals surface area (Å²) in [5.74, 6) is -0.436. The molecule has 0 bridgehead atoms. The molecule has 0 aromatic rings. The van der Waals surface area contributed by atoms with Crippen molar-refractivity contribution in [2.45, 2.75) is 44.6 Å². The Labute approximate surface area is 103 Å². The Kier molecular flexibility index (Phi) is 4.80. The number of hydrogen-bond acceptors (Lipinski definition) is 3. The average Bonchev–Trinajstić information content (AvgIpc) is 2.79. The van der Waals surface area contributed by atoms with E-state index in [0.717, 1.165) is 45.4 Å². The number of ether oxygens (including phenoxy) is 1. The molecule has 4 heteroatoms. The molecule has 2 aliphatic rings. The number of rotatable bonds is 5. The maximum atomic E-state index is 11.0. The molecule has 2 rings (SSSR count). The van der Waals surface area contributed by atoms with Crippen molar-refractivity contribution >= 4 is 5.97 Å². The van der Waals surface area contributed by atoms with Gasteiger partial charge in [-0.1, -0.05) is 6.42 Å². The van der Waals surface area contributed by atoms with Crippen LogP contribution >= 0.6 is 0 Å². The summed E-state index contributed by atoms with van der Waals surface area (Å²) in [6.45, 7) is 2.59. The lowest BCUT2D eigenvalue weighted by Gasteiger charge is -2.24. The molecule has 98 valence electrons. The molecule has 0 aromatic carbocycles. The fourth-order valence-electron chi connectivity index (χ4n) is 3.00. The van der Waals surface area contributed by atoms with Crippen LogP contribution in [0.25, 0.3) is 0 Å². The van der Waals surface area contributed by atoms with E-state index in [0.29, 0.717) is 12.0 Å². The van der Waals surface area contributed by atoms with Crippen molar-refractivity contribution in [3.05, 3.63) is 0 Å². The molecule has 1 heterocycles. The van der Waals surface area contributed by atoms with Crippen LogP contribution in [0.15, 0.2) is 0 Å². The van der Waals surface area contributed by atoms with Crippen LogP contribution < -0.4 is 5.32 Å². The Hall–Kier alpha value is -0.610. The topological polar surface area (TPSA) is 58.6 Å². The molecule has 0 radical (unpaired) electrons. The molecule has 3 unspecified atom stereocenters. The van der Waals surface area contributed by atoms with E-state index in [9.17, 15) is 4.79 Å². The molecule has 0 amide bonds. The zero-order valence-electron chi connectivity index (χ0n) is 10.4. The molecule has 1 aliphatic carbocycles. The van der Waals surface area contributed by atoms with Gasteiger partial charge in [0.1, 0.15) is 0 Å². The third-order valence-electron chi connectivity index (χ3n) is 4.03. The SMILES string of the molecule is O=C(O)C1CCCC1CNCC1CCCCO1. The molecule has 1 aliphatic heterocycles. The second-order valence-electron chi connectivity index (χ2n) is 5.28. The quantitative estimate of drug-likeness (QED) is 0.768. The molecule has 2 N–H and O–H groups in total. The van der Waals surface area contributed by atoms with Crippen LogP contribution in [-0.2, 0) is 9.53 Å². The highest BCUT2D eigenvalue weighted by molar-refractivity contribution is 5.70. The summed E-state index contributed by atoms with van der Waals surface area (Å²) >= 11 is 0. The van der Waals surface area contributed by atoms with E-state index >= 15 is 0 Å². The van der Waals surface area contributed by atoms with E-state index in [4.69, 9.17) is 9.84 Å². The second-order valence-corrected chi connectivity index (χ2v) is 5.28. The van der Waals surface area contributed by atoms with Gasteiger partial charge < -0.3 is 15.2 Å². The molecule has 1 saturated heterocycles. The van der Waals surface area contributed by atoms with E-state index in [1.165, 1.54) is 12.8 Å². The molecular weight excluding hydrogens is 218 g/mol. The van der Waals surface area contributed by atoms with E-state index < -0.39 is 5.97 Å². The summed E-state index contributed by atoms with van der Waals surface area (Å²) in [6, 6.07) is 0. The fraction of sp³-hybridized carbons (Fsp3) is 0.923. The second kappa shape index (κ2) is 6.36. The van der Waals surface area contributed by atoms with Gasteiger partial charge in [-0.3, -0.25) is 4.79 Å². The first kappa shape index (κ1) is 12.8. The Morgan fingerprint density at radius 1 is 1.18 bits per heavy atom. The van der Waals surface area contributed by atoms with Crippen molar-refractivity contribution in [3.63, 3.8) is 0 Å². The van der Waals surface area contributed by atoms with Crippen LogP contribution in [0.3, 0.4) is 0 Å². The smallest absolute Gasteiger partial charge is 0.306 e. The van der Waals surface area contributed by atoms with Crippen LogP contribution in [-0.4, -0.2) is 36.9 Å². The van der Waals surface area contributed by atoms with E-state index in [2.05, 4.69) is 5.32 Å². The van der Waals surface area contributed by atoms with Crippen molar-refractivity contribution in [1.82, 2.24) is 5.32 Å². The van der Waals surface area contributed by atoms with Gasteiger partial charge in [-0.15, -0.1) is 0 Å². The van der Waals surface area contributed by atoms with Crippen molar-refractivity contribution in [1.29, 1.82) is 0 Å². The number of carboxylic acids is 1. The summed E-state index contributed by atoms with van der Waals surface area (Å²) in [5.41, 5.74) is 0. The molecule has 17 heavy (non-hydrogen) atoms. The normalized spacial score (nSPS) is 33.8. The number of nitrogens with one attached hydrogen (secondary N) is 1. The van der Waals surface area contributed by atoms with Gasteiger partial charge in [0.15, 0.2) is 0 Å². The predicted molar refractivity (Wildman–Crippen MR) is 64.9 cm³/mol. The highest BCUT2D eigenvalue weighted by Gasteiger charge is 2.32. The van der Waals surface area contributed by atoms with Gasteiger partial charge in [0.05, 0.1) is 12.0 Å². The van der Waals surface area contributed by atoms with Crippen LogP contribution in [0.2, 0.25) is 0 Å². The first-order chi connectivity index (χ1) is 8.27. The Morgan fingerprint density at radius 3 is 2.76 bits per heavy atom. The maximum absolute atomic E-state index is 11.0. The minimum absolute atomic E-state index is 0.130. The van der Waals surface area contributed by atoms with Crippen LogP contribution in [0.5, 0.6) is 0 Å². The van der Waals surface area contributed by atoms with Gasteiger partial charge in [0.2, 0.25) is 0 Å². The van der Waals surface area contributed by atoms with Crippen LogP contribution in [0, 0.1) is 11.8 Å². The Bertz CT molecular complexity index is 251. The highest BCUT2D eigenvalue weighted by atomic mass is 16.5. The molecule has 3 atom stereocenters. The zero-order valence-corrected chi connectivity index (χ0v) is 10.4. The zero-order chi connectivity index (χ0) is 12.1. The monoisotopic (exact) mass is 241 g/mol. The van der Waals surface area contributed by atoms with Crippen LogP contribution in [0.1, 0.15) is 38.5 Å². The third kappa shape index (κ3) is 3.68. The molecule has 1 saturated carbocycles. The van der Waals surface area contributed by atoms with E-state index in [1.807, 2.05) is 0 Å². The summed E-state index contributed by atoms with van der Waals surface area (Å²) in [6.07, 6.45) is 6.88. The maximum Gasteiger partial charge on any atom is 0.306 e. The molecule has 2 fully saturated rings. The molecule has 0 aromatic heterocycles. The minimum atomic E-state index is -0.622. The van der Waals surface area contributed by atoms with Gasteiger partial charge >= 0.3 is 5.97 Å². The number of hydrogen-bond donors (Lipinski definition) is 2. The lowest BCUT2D eigenvalue weighted by Crippen LogP contribution is -2.36. The van der Waals surface area contributed by atoms with Gasteiger partial charge in [0, 0.05) is 13.2 Å². The van der Waals surface area contributed by atoms with Gasteiger partial charge in [0.25, 0.3) is 0 Å². The molecule has 0 spiro atoms. The van der Waals surface area contributed by atoms with Gasteiger partial charge in [-0.25, -0.2) is 0 Å². The summed E-state index contributed by atoms with van der Waals surface area (Å²) in [4.78, 5) is 11.0. The summed E-state index contributed by atoms with van der Waals surface area (Å²) < 4.78 is 5.64. The van der Waals surface area contributed by atoms with Gasteiger partial charge in [-0.05, 0) is 44.6 Å².